The van der Waals surface area contributed by atoms with Crippen LogP contribution in [0.4, 0.5) is 0 Å². The van der Waals surface area contributed by atoms with E-state index >= 15 is 0 Å². The van der Waals surface area contributed by atoms with Crippen molar-refractivity contribution in [2.75, 3.05) is 6.61 Å². The van der Waals surface area contributed by atoms with E-state index in [0.29, 0.717) is 6.04 Å². The average molecular weight is 188 g/mol. The number of dihydropyridines is 1. The van der Waals surface area contributed by atoms with Gasteiger partial charge < -0.3 is 10.1 Å². The van der Waals surface area contributed by atoms with Crippen LogP contribution in [0, 0.1) is 6.92 Å². The van der Waals surface area contributed by atoms with Crippen LogP contribution in [-0.2, 0) is 4.74 Å². The molecule has 1 atom stereocenters. The highest BCUT2D eigenvalue weighted by molar-refractivity contribution is 5.41. The lowest BCUT2D eigenvalue weighted by Gasteiger charge is -2.30. The van der Waals surface area contributed by atoms with E-state index in [2.05, 4.69) is 12.2 Å². The van der Waals surface area contributed by atoms with Crippen LogP contribution in [0.5, 0.6) is 0 Å². The molecule has 3 rings (SSSR count). The van der Waals surface area contributed by atoms with Gasteiger partial charge in [-0.2, -0.15) is 0 Å². The van der Waals surface area contributed by atoms with Crippen molar-refractivity contribution in [3.05, 3.63) is 41.7 Å². The van der Waals surface area contributed by atoms with Crippen molar-refractivity contribution in [3.8, 4) is 0 Å². The van der Waals surface area contributed by atoms with Crippen molar-refractivity contribution in [1.82, 2.24) is 5.32 Å². The summed E-state index contributed by atoms with van der Waals surface area (Å²) < 4.78 is 5.62. The Labute approximate surface area is 84.3 Å². The van der Waals surface area contributed by atoms with E-state index in [1.54, 1.807) is 0 Å². The van der Waals surface area contributed by atoms with E-state index < -0.39 is 0 Å². The first-order chi connectivity index (χ1) is 6.84. The Morgan fingerprint density at radius 2 is 2.43 bits per heavy atom. The van der Waals surface area contributed by atoms with Gasteiger partial charge in [-0.15, -0.1) is 0 Å². The molecule has 0 fully saturated rings. The zero-order valence-corrected chi connectivity index (χ0v) is 8.18. The molecule has 0 spiro atoms. The second-order valence-electron chi connectivity index (χ2n) is 4.11. The Kier molecular flexibility index (Phi) is 1.69. The van der Waals surface area contributed by atoms with Crippen molar-refractivity contribution in [3.63, 3.8) is 0 Å². The zero-order valence-electron chi connectivity index (χ0n) is 8.18. The standard InChI is InChI=1S/C12H14NO/c1-8-2-4-13-11-6-9-3-5-14-12(9)7-10(8)11/h2,4,11,13H,1,3,5-7H2. The molecule has 0 aromatic heterocycles. The van der Waals surface area contributed by atoms with Gasteiger partial charge in [-0.25, -0.2) is 0 Å². The monoisotopic (exact) mass is 188 g/mol. The van der Waals surface area contributed by atoms with E-state index in [9.17, 15) is 0 Å². The quantitative estimate of drug-likeness (QED) is 0.628. The fourth-order valence-electron chi connectivity index (χ4n) is 2.47. The van der Waals surface area contributed by atoms with Crippen molar-refractivity contribution in [2.24, 2.45) is 0 Å². The molecule has 2 heterocycles. The molecule has 14 heavy (non-hydrogen) atoms. The molecule has 0 amide bonds. The first-order valence-electron chi connectivity index (χ1n) is 5.16. The van der Waals surface area contributed by atoms with E-state index in [1.165, 1.54) is 16.9 Å². The van der Waals surface area contributed by atoms with Crippen molar-refractivity contribution >= 4 is 0 Å². The normalized spacial score (nSPS) is 29.6. The Hall–Kier alpha value is -1.18. The van der Waals surface area contributed by atoms with Gasteiger partial charge in [-0.05, 0) is 42.3 Å². The van der Waals surface area contributed by atoms with Gasteiger partial charge in [0.2, 0.25) is 0 Å². The number of allylic oxidation sites excluding steroid dienone is 3. The fraction of sp³-hybridized carbons (Fsp3) is 0.417. The van der Waals surface area contributed by atoms with Crippen LogP contribution in [0.15, 0.2) is 34.8 Å². The van der Waals surface area contributed by atoms with Gasteiger partial charge in [-0.3, -0.25) is 0 Å². The molecule has 0 aromatic carbocycles. The smallest absolute Gasteiger partial charge is 0.0995 e. The van der Waals surface area contributed by atoms with Crippen LogP contribution in [0.3, 0.4) is 0 Å². The molecular weight excluding hydrogens is 174 g/mol. The minimum atomic E-state index is 0.480. The van der Waals surface area contributed by atoms with Crippen molar-refractivity contribution < 1.29 is 4.74 Å². The minimum Gasteiger partial charge on any atom is -0.497 e. The molecule has 2 heteroatoms. The molecule has 1 radical (unpaired) electrons. The molecule has 1 unspecified atom stereocenters. The van der Waals surface area contributed by atoms with Crippen LogP contribution in [-0.4, -0.2) is 12.6 Å². The summed E-state index contributed by atoms with van der Waals surface area (Å²) in [6.07, 6.45) is 7.26. The molecular formula is C12H14NO. The van der Waals surface area contributed by atoms with Crippen LogP contribution in [0.1, 0.15) is 19.3 Å². The highest BCUT2D eigenvalue weighted by Gasteiger charge is 2.30. The van der Waals surface area contributed by atoms with Gasteiger partial charge in [0.15, 0.2) is 0 Å². The summed E-state index contributed by atoms with van der Waals surface area (Å²) in [5.74, 6) is 1.22. The number of hydrogen-bond acceptors (Lipinski definition) is 2. The largest absolute Gasteiger partial charge is 0.497 e. The number of nitrogens with one attached hydrogen (secondary N) is 1. The maximum absolute atomic E-state index is 5.62. The molecule has 0 saturated carbocycles. The van der Waals surface area contributed by atoms with E-state index in [-0.39, 0.29) is 0 Å². The maximum Gasteiger partial charge on any atom is 0.0995 e. The SMILES string of the molecule is [CH2]C1=C2CC3=C(CCO3)CC2NC=C1. The molecule has 0 aromatic rings. The lowest BCUT2D eigenvalue weighted by Crippen LogP contribution is -2.32. The second kappa shape index (κ2) is 2.91. The topological polar surface area (TPSA) is 21.3 Å². The second-order valence-corrected chi connectivity index (χ2v) is 4.11. The van der Waals surface area contributed by atoms with E-state index in [0.717, 1.165) is 31.4 Å². The third-order valence-corrected chi connectivity index (χ3v) is 3.29. The molecule has 1 N–H and O–H groups in total. The highest BCUT2D eigenvalue weighted by atomic mass is 16.5. The number of rotatable bonds is 0. The van der Waals surface area contributed by atoms with Gasteiger partial charge in [-0.1, -0.05) is 0 Å². The molecule has 73 valence electrons. The summed E-state index contributed by atoms with van der Waals surface area (Å²) in [5, 5.41) is 3.40. The van der Waals surface area contributed by atoms with Crippen LogP contribution < -0.4 is 5.32 Å². The van der Waals surface area contributed by atoms with Gasteiger partial charge in [0.1, 0.15) is 0 Å². The van der Waals surface area contributed by atoms with Crippen molar-refractivity contribution in [1.29, 1.82) is 0 Å². The Balaban J connectivity index is 1.97. The van der Waals surface area contributed by atoms with E-state index in [1.807, 2.05) is 12.3 Å². The number of hydrogen-bond donors (Lipinski definition) is 1. The lowest BCUT2D eigenvalue weighted by molar-refractivity contribution is 0.236. The van der Waals surface area contributed by atoms with Crippen LogP contribution in [0.25, 0.3) is 0 Å². The zero-order chi connectivity index (χ0) is 9.54. The third-order valence-electron chi connectivity index (χ3n) is 3.29. The highest BCUT2D eigenvalue weighted by Crippen LogP contribution is 2.37. The molecule has 0 bridgehead atoms. The van der Waals surface area contributed by atoms with Crippen molar-refractivity contribution in [2.45, 2.75) is 25.3 Å². The summed E-state index contributed by atoms with van der Waals surface area (Å²) in [6, 6.07) is 0.480. The predicted octanol–water partition coefficient (Wildman–Crippen LogP) is 2.07. The average Bonchev–Trinajstić information content (AvgIpc) is 2.62. The Bertz CT molecular complexity index is 363. The molecule has 0 saturated heterocycles. The van der Waals surface area contributed by atoms with Gasteiger partial charge >= 0.3 is 0 Å². The Morgan fingerprint density at radius 3 is 3.36 bits per heavy atom. The van der Waals surface area contributed by atoms with Gasteiger partial charge in [0, 0.05) is 12.8 Å². The van der Waals surface area contributed by atoms with Gasteiger partial charge in [0.05, 0.1) is 18.4 Å². The number of fused-ring (bicyclic) bond motifs is 1. The molecule has 2 aliphatic heterocycles. The lowest BCUT2D eigenvalue weighted by atomic mass is 9.84. The third kappa shape index (κ3) is 1.10. The first-order valence-corrected chi connectivity index (χ1v) is 5.16. The molecule has 3 aliphatic rings. The fourth-order valence-corrected chi connectivity index (χ4v) is 2.47. The predicted molar refractivity (Wildman–Crippen MR) is 55.3 cm³/mol. The van der Waals surface area contributed by atoms with Crippen LogP contribution >= 0.6 is 0 Å². The summed E-state index contributed by atoms with van der Waals surface area (Å²) in [6.45, 7) is 4.95. The minimum absolute atomic E-state index is 0.480. The molecule has 2 nitrogen and oxygen atoms in total. The van der Waals surface area contributed by atoms with Gasteiger partial charge in [0.25, 0.3) is 0 Å². The number of ether oxygens (including phenoxy) is 1. The Morgan fingerprint density at radius 1 is 1.50 bits per heavy atom. The first kappa shape index (κ1) is 8.16. The van der Waals surface area contributed by atoms with Crippen LogP contribution in [0.2, 0.25) is 0 Å². The maximum atomic E-state index is 5.62. The summed E-state index contributed by atoms with van der Waals surface area (Å²) in [4.78, 5) is 0. The summed E-state index contributed by atoms with van der Waals surface area (Å²) in [7, 11) is 0. The summed E-state index contributed by atoms with van der Waals surface area (Å²) in [5.41, 5.74) is 4.08. The van der Waals surface area contributed by atoms with E-state index in [4.69, 9.17) is 4.74 Å². The summed E-state index contributed by atoms with van der Waals surface area (Å²) >= 11 is 0. The molecule has 1 aliphatic carbocycles.